The summed E-state index contributed by atoms with van der Waals surface area (Å²) in [5, 5.41) is 0. The van der Waals surface area contributed by atoms with Crippen LogP contribution >= 0.6 is 0 Å². The zero-order chi connectivity index (χ0) is 28.4. The molecule has 0 bridgehead atoms. The summed E-state index contributed by atoms with van der Waals surface area (Å²) in [7, 11) is 4.93. The first-order valence-electron chi connectivity index (χ1n) is 17.9. The van der Waals surface area contributed by atoms with Gasteiger partial charge in [-0.3, -0.25) is 0 Å². The highest BCUT2D eigenvalue weighted by Gasteiger charge is 2.13. The minimum absolute atomic E-state index is 0. The van der Waals surface area contributed by atoms with E-state index in [0.717, 1.165) is 0 Å². The highest BCUT2D eigenvalue weighted by molar-refractivity contribution is 4.52. The Kier molecular flexibility index (Phi) is 42.7. The van der Waals surface area contributed by atoms with Crippen LogP contribution < -0.4 is 17.0 Å². The van der Waals surface area contributed by atoms with E-state index in [9.17, 15) is 0 Å². The normalized spacial score (nSPS) is 11.1. The van der Waals surface area contributed by atoms with E-state index in [4.69, 9.17) is 0 Å². The van der Waals surface area contributed by atoms with Crippen LogP contribution in [0.2, 0.25) is 0 Å². The molecule has 0 radical (unpaired) electrons. The van der Waals surface area contributed by atoms with Gasteiger partial charge >= 0.3 is 0 Å². The van der Waals surface area contributed by atoms with Gasteiger partial charge in [-0.05, 0) is 32.6 Å². The number of halogens is 1. The van der Waals surface area contributed by atoms with Crippen molar-refractivity contribution >= 4 is 0 Å². The quantitative estimate of drug-likeness (QED) is 0.0428. The first-order valence-corrected chi connectivity index (χ1v) is 17.9. The van der Waals surface area contributed by atoms with E-state index >= 15 is 0 Å². The number of nitrogens with zero attached hydrogens (tertiary/aromatic N) is 1. The first-order chi connectivity index (χ1) is 18.5. The summed E-state index contributed by atoms with van der Waals surface area (Å²) in [6.07, 6.45) is 42.7. The first kappa shape index (κ1) is 43.6. The molecular weight excluding hydrogens is 538 g/mol. The minimum atomic E-state index is 0. The van der Waals surface area contributed by atoms with Crippen molar-refractivity contribution in [3.63, 3.8) is 0 Å². The molecule has 0 amide bonds. The average Bonchev–Trinajstić information content (AvgIpc) is 2.89. The standard InChI is InChI=1S/C34H72N.C3H6.BrH/c1-5-7-9-11-13-15-17-19-21-23-25-27-29-31-33-35(3,4)34-32-30-28-26-24-22-20-18-16-14-12-10-8-6-2;1-3-2;/h5-34H2,1-4H3;3H,1H2,2H3;1H/q+1;;/p-1. The summed E-state index contributed by atoms with van der Waals surface area (Å²) in [6, 6.07) is 0. The van der Waals surface area contributed by atoms with E-state index in [-0.39, 0.29) is 17.0 Å². The van der Waals surface area contributed by atoms with Gasteiger partial charge in [-0.15, -0.1) is 6.58 Å². The van der Waals surface area contributed by atoms with E-state index < -0.39 is 0 Å². The van der Waals surface area contributed by atoms with Gasteiger partial charge in [-0.1, -0.05) is 174 Å². The molecule has 2 heteroatoms. The highest BCUT2D eigenvalue weighted by atomic mass is 79.9. The molecule has 0 fully saturated rings. The van der Waals surface area contributed by atoms with Crippen LogP contribution in [0.3, 0.4) is 0 Å². The lowest BCUT2D eigenvalue weighted by Crippen LogP contribution is -3.00. The molecule has 0 heterocycles. The summed E-state index contributed by atoms with van der Waals surface area (Å²) in [4.78, 5) is 0. The molecule has 0 spiro atoms. The molecule has 0 saturated carbocycles. The highest BCUT2D eigenvalue weighted by Crippen LogP contribution is 2.15. The summed E-state index contributed by atoms with van der Waals surface area (Å²) in [6.45, 7) is 12.6. The lowest BCUT2D eigenvalue weighted by Gasteiger charge is -2.30. The van der Waals surface area contributed by atoms with E-state index in [1.165, 1.54) is 197 Å². The van der Waals surface area contributed by atoms with Crippen LogP contribution in [0.25, 0.3) is 0 Å². The molecule has 0 aliphatic carbocycles. The third kappa shape index (κ3) is 42.8. The fraction of sp³-hybridized carbons (Fsp3) is 0.946. The zero-order valence-electron chi connectivity index (χ0n) is 28.3. The molecule has 0 aliphatic rings. The SMILES string of the molecule is C=CC.CCCCCCCCCCCCCCCC[N+](C)(C)CCCCCCCCCCCCCCCC.[Br-]. The monoisotopic (exact) mass is 616 g/mol. The van der Waals surface area contributed by atoms with E-state index in [1.807, 2.05) is 6.92 Å². The van der Waals surface area contributed by atoms with Gasteiger partial charge in [0.2, 0.25) is 0 Å². The van der Waals surface area contributed by atoms with Crippen LogP contribution in [0.15, 0.2) is 12.7 Å². The largest absolute Gasteiger partial charge is 1.00 e. The molecule has 238 valence electrons. The van der Waals surface area contributed by atoms with Crippen molar-refractivity contribution in [3.05, 3.63) is 12.7 Å². The van der Waals surface area contributed by atoms with Crippen LogP contribution in [0.5, 0.6) is 0 Å². The predicted octanol–water partition coefficient (Wildman–Crippen LogP) is 10.2. The molecule has 0 aromatic rings. The topological polar surface area (TPSA) is 0 Å². The molecule has 0 atom stereocenters. The van der Waals surface area contributed by atoms with Gasteiger partial charge in [0.05, 0.1) is 27.2 Å². The second-order valence-corrected chi connectivity index (χ2v) is 13.0. The third-order valence-electron chi connectivity index (χ3n) is 8.23. The van der Waals surface area contributed by atoms with E-state index in [1.54, 1.807) is 6.08 Å². The van der Waals surface area contributed by atoms with Crippen LogP contribution in [0.4, 0.5) is 0 Å². The molecule has 0 rings (SSSR count). The maximum absolute atomic E-state index is 3.36. The average molecular weight is 617 g/mol. The summed E-state index contributed by atoms with van der Waals surface area (Å²) in [5.41, 5.74) is 0. The molecule has 1 nitrogen and oxygen atoms in total. The van der Waals surface area contributed by atoms with Gasteiger partial charge in [0.25, 0.3) is 0 Å². The summed E-state index contributed by atoms with van der Waals surface area (Å²) < 4.78 is 1.25. The Morgan fingerprint density at radius 3 is 0.718 bits per heavy atom. The van der Waals surface area contributed by atoms with Crippen molar-refractivity contribution in [1.29, 1.82) is 0 Å². The Balaban J connectivity index is -0.00000308. The van der Waals surface area contributed by atoms with Crippen molar-refractivity contribution in [1.82, 2.24) is 0 Å². The minimum Gasteiger partial charge on any atom is -1.00 e. The van der Waals surface area contributed by atoms with Crippen LogP contribution in [-0.4, -0.2) is 31.7 Å². The maximum Gasteiger partial charge on any atom is 0.0782 e. The fourth-order valence-corrected chi connectivity index (χ4v) is 5.58. The predicted molar refractivity (Wildman–Crippen MR) is 178 cm³/mol. The van der Waals surface area contributed by atoms with E-state index in [0.29, 0.717) is 0 Å². The molecule has 0 aromatic heterocycles. The number of allylic oxidation sites excluding steroid dienone is 1. The number of hydrogen-bond donors (Lipinski definition) is 0. The van der Waals surface area contributed by atoms with Crippen LogP contribution in [0, 0.1) is 0 Å². The Morgan fingerprint density at radius 2 is 0.538 bits per heavy atom. The van der Waals surface area contributed by atoms with E-state index in [2.05, 4.69) is 34.5 Å². The lowest BCUT2D eigenvalue weighted by molar-refractivity contribution is -0.890. The number of hydrogen-bond acceptors (Lipinski definition) is 0. The van der Waals surface area contributed by atoms with Crippen molar-refractivity contribution in [2.45, 2.75) is 201 Å². The smallest absolute Gasteiger partial charge is 0.0782 e. The summed E-state index contributed by atoms with van der Waals surface area (Å²) in [5.74, 6) is 0. The maximum atomic E-state index is 3.36. The molecule has 0 saturated heterocycles. The van der Waals surface area contributed by atoms with Gasteiger partial charge < -0.3 is 21.5 Å². The molecule has 0 aliphatic heterocycles. The van der Waals surface area contributed by atoms with Crippen LogP contribution in [0.1, 0.15) is 201 Å². The number of quaternary nitrogens is 1. The Labute approximate surface area is 261 Å². The number of unbranched alkanes of at least 4 members (excludes halogenated alkanes) is 26. The zero-order valence-corrected chi connectivity index (χ0v) is 29.9. The fourth-order valence-electron chi connectivity index (χ4n) is 5.58. The third-order valence-corrected chi connectivity index (χ3v) is 8.23. The van der Waals surface area contributed by atoms with Crippen molar-refractivity contribution < 1.29 is 21.5 Å². The Bertz CT molecular complexity index is 386. The Morgan fingerprint density at radius 1 is 0.385 bits per heavy atom. The lowest BCUT2D eigenvalue weighted by atomic mass is 10.0. The summed E-state index contributed by atoms with van der Waals surface area (Å²) >= 11 is 0. The second kappa shape index (κ2) is 38.2. The van der Waals surface area contributed by atoms with Gasteiger partial charge in [-0.25, -0.2) is 0 Å². The molecule has 0 N–H and O–H groups in total. The van der Waals surface area contributed by atoms with Gasteiger partial charge in [-0.2, -0.15) is 0 Å². The number of rotatable bonds is 30. The molecule has 0 aromatic carbocycles. The van der Waals surface area contributed by atoms with Gasteiger partial charge in [0.1, 0.15) is 0 Å². The van der Waals surface area contributed by atoms with Crippen molar-refractivity contribution in [2.75, 3.05) is 27.2 Å². The Hall–Kier alpha value is 0.180. The molecular formula is C37H78BrN. The second-order valence-electron chi connectivity index (χ2n) is 13.0. The van der Waals surface area contributed by atoms with Crippen molar-refractivity contribution in [2.24, 2.45) is 0 Å². The molecule has 0 unspecified atom stereocenters. The van der Waals surface area contributed by atoms with Crippen molar-refractivity contribution in [3.8, 4) is 0 Å². The van der Waals surface area contributed by atoms with Crippen LogP contribution in [-0.2, 0) is 0 Å². The molecule has 39 heavy (non-hydrogen) atoms. The van der Waals surface area contributed by atoms with Gasteiger partial charge in [0.15, 0.2) is 0 Å². The van der Waals surface area contributed by atoms with Gasteiger partial charge in [0, 0.05) is 0 Å².